The summed E-state index contributed by atoms with van der Waals surface area (Å²) in [6.07, 6.45) is 1.16. The van der Waals surface area contributed by atoms with Crippen LogP contribution < -0.4 is 5.32 Å². The molecular formula is C20H30N2O3S. The Balaban J connectivity index is 1.66. The van der Waals surface area contributed by atoms with Crippen LogP contribution in [-0.2, 0) is 15.3 Å². The van der Waals surface area contributed by atoms with Crippen LogP contribution >= 0.6 is 11.8 Å². The molecule has 1 aliphatic rings. The second-order valence-electron chi connectivity index (χ2n) is 7.78. The summed E-state index contributed by atoms with van der Waals surface area (Å²) < 4.78 is 5.28. The summed E-state index contributed by atoms with van der Waals surface area (Å²) in [4.78, 5) is 26.1. The van der Waals surface area contributed by atoms with Crippen molar-refractivity contribution in [3.05, 3.63) is 35.4 Å². The van der Waals surface area contributed by atoms with Gasteiger partial charge in [-0.15, -0.1) is 11.8 Å². The zero-order chi connectivity index (χ0) is 19.2. The highest BCUT2D eigenvalue weighted by molar-refractivity contribution is 7.99. The average Bonchev–Trinajstić information content (AvgIpc) is 2.55. The zero-order valence-corrected chi connectivity index (χ0v) is 17.0. The van der Waals surface area contributed by atoms with Crippen LogP contribution in [0.2, 0.25) is 0 Å². The van der Waals surface area contributed by atoms with Gasteiger partial charge in [0.15, 0.2) is 0 Å². The highest BCUT2D eigenvalue weighted by Gasteiger charge is 2.25. The number of aryl methyl sites for hydroxylation is 1. The van der Waals surface area contributed by atoms with E-state index in [1.807, 2.05) is 25.7 Å². The number of hydrogen-bond donors (Lipinski definition) is 1. The number of nitrogens with one attached hydrogen (secondary N) is 1. The molecule has 1 aromatic carbocycles. The molecule has 6 heteroatoms. The van der Waals surface area contributed by atoms with E-state index in [0.29, 0.717) is 18.8 Å². The predicted molar refractivity (Wildman–Crippen MR) is 106 cm³/mol. The number of carbonyl (C=O) groups is 2. The fourth-order valence-corrected chi connectivity index (χ4v) is 3.67. The molecule has 0 radical (unpaired) electrons. The molecule has 2 amide bonds. The summed E-state index contributed by atoms with van der Waals surface area (Å²) in [7, 11) is 0. The van der Waals surface area contributed by atoms with Crippen LogP contribution in [0.3, 0.4) is 0 Å². The maximum atomic E-state index is 12.4. The van der Waals surface area contributed by atoms with E-state index in [-0.39, 0.29) is 18.0 Å². The van der Waals surface area contributed by atoms with Crippen LogP contribution in [0.1, 0.15) is 44.7 Å². The van der Waals surface area contributed by atoms with Crippen molar-refractivity contribution < 1.29 is 14.3 Å². The number of amides is 2. The third-order valence-electron chi connectivity index (χ3n) is 4.18. The molecule has 144 valence electrons. The van der Waals surface area contributed by atoms with Crippen molar-refractivity contribution in [1.29, 1.82) is 0 Å². The summed E-state index contributed by atoms with van der Waals surface area (Å²) >= 11 is 1.65. The van der Waals surface area contributed by atoms with Crippen LogP contribution in [0, 0.1) is 6.92 Å². The normalized spacial score (nSPS) is 15.6. The van der Waals surface area contributed by atoms with E-state index in [9.17, 15) is 9.59 Å². The molecule has 1 heterocycles. The fourth-order valence-electron chi connectivity index (χ4n) is 2.78. The molecule has 1 saturated heterocycles. The van der Waals surface area contributed by atoms with Gasteiger partial charge in [0.05, 0.1) is 5.75 Å². The van der Waals surface area contributed by atoms with E-state index in [0.717, 1.165) is 18.6 Å². The van der Waals surface area contributed by atoms with E-state index in [1.165, 1.54) is 11.1 Å². The molecule has 1 N–H and O–H groups in total. The lowest BCUT2D eigenvalue weighted by Crippen LogP contribution is -2.48. The minimum atomic E-state index is -0.491. The van der Waals surface area contributed by atoms with Crippen LogP contribution in [0.15, 0.2) is 24.3 Å². The Morgan fingerprint density at radius 3 is 2.38 bits per heavy atom. The number of alkyl carbamates (subject to hydrolysis) is 1. The molecule has 0 aromatic heterocycles. The SMILES string of the molecule is Cc1ccc(CSCC(=O)N2CCC(NC(=O)OC(C)(C)C)CC2)cc1. The summed E-state index contributed by atoms with van der Waals surface area (Å²) in [6, 6.07) is 8.50. The second-order valence-corrected chi connectivity index (χ2v) is 8.77. The average molecular weight is 379 g/mol. The van der Waals surface area contributed by atoms with Crippen molar-refractivity contribution in [2.45, 2.75) is 57.9 Å². The summed E-state index contributed by atoms with van der Waals surface area (Å²) in [5.74, 6) is 1.53. The van der Waals surface area contributed by atoms with Gasteiger partial charge in [0.2, 0.25) is 5.91 Å². The van der Waals surface area contributed by atoms with E-state index in [1.54, 1.807) is 11.8 Å². The molecule has 5 nitrogen and oxygen atoms in total. The quantitative estimate of drug-likeness (QED) is 0.848. The fraction of sp³-hybridized carbons (Fsp3) is 0.600. The maximum Gasteiger partial charge on any atom is 0.407 e. The van der Waals surface area contributed by atoms with Crippen LogP contribution in [0.4, 0.5) is 4.79 Å². The number of ether oxygens (including phenoxy) is 1. The highest BCUT2D eigenvalue weighted by atomic mass is 32.2. The van der Waals surface area contributed by atoms with Crippen LogP contribution in [-0.4, -0.2) is 47.4 Å². The maximum absolute atomic E-state index is 12.4. The molecule has 0 saturated carbocycles. The third kappa shape index (κ3) is 7.28. The number of carbonyl (C=O) groups excluding carboxylic acids is 2. The molecular weight excluding hydrogens is 348 g/mol. The number of piperidine rings is 1. The van der Waals surface area contributed by atoms with Crippen molar-refractivity contribution in [2.24, 2.45) is 0 Å². The van der Waals surface area contributed by atoms with Gasteiger partial charge in [-0.05, 0) is 46.1 Å². The monoisotopic (exact) mass is 378 g/mol. The summed E-state index contributed by atoms with van der Waals surface area (Å²) in [6.45, 7) is 8.99. The lowest BCUT2D eigenvalue weighted by molar-refractivity contribution is -0.129. The molecule has 1 aliphatic heterocycles. The van der Waals surface area contributed by atoms with Gasteiger partial charge in [-0.25, -0.2) is 4.79 Å². The molecule has 1 fully saturated rings. The van der Waals surface area contributed by atoms with Gasteiger partial charge in [0.1, 0.15) is 5.60 Å². The van der Waals surface area contributed by atoms with Crippen molar-refractivity contribution >= 4 is 23.8 Å². The van der Waals surface area contributed by atoms with Gasteiger partial charge >= 0.3 is 6.09 Å². The summed E-state index contributed by atoms with van der Waals surface area (Å²) in [5, 5.41) is 2.90. The van der Waals surface area contributed by atoms with Crippen molar-refractivity contribution in [1.82, 2.24) is 10.2 Å². The predicted octanol–water partition coefficient (Wildman–Crippen LogP) is 3.74. The zero-order valence-electron chi connectivity index (χ0n) is 16.2. The first-order chi connectivity index (χ1) is 12.2. The first-order valence-electron chi connectivity index (χ1n) is 9.13. The molecule has 0 aliphatic carbocycles. The van der Waals surface area contributed by atoms with Gasteiger partial charge in [-0.3, -0.25) is 4.79 Å². The Kier molecular flexibility index (Phi) is 7.38. The molecule has 0 bridgehead atoms. The topological polar surface area (TPSA) is 58.6 Å². The van der Waals surface area contributed by atoms with E-state index < -0.39 is 5.60 Å². The Labute approximate surface area is 160 Å². The van der Waals surface area contributed by atoms with Crippen LogP contribution in [0.5, 0.6) is 0 Å². The molecule has 0 spiro atoms. The molecule has 2 rings (SSSR count). The lowest BCUT2D eigenvalue weighted by atomic mass is 10.1. The van der Waals surface area contributed by atoms with Crippen molar-refractivity contribution in [3.8, 4) is 0 Å². The number of hydrogen-bond acceptors (Lipinski definition) is 4. The molecule has 26 heavy (non-hydrogen) atoms. The number of likely N-dealkylation sites (tertiary alicyclic amines) is 1. The van der Waals surface area contributed by atoms with Gasteiger partial charge in [0, 0.05) is 24.9 Å². The van der Waals surface area contributed by atoms with E-state index in [2.05, 4.69) is 36.5 Å². The summed E-state index contributed by atoms with van der Waals surface area (Å²) in [5.41, 5.74) is 2.00. The minimum absolute atomic E-state index is 0.0779. The lowest BCUT2D eigenvalue weighted by Gasteiger charge is -2.32. The Morgan fingerprint density at radius 2 is 1.81 bits per heavy atom. The third-order valence-corrected chi connectivity index (χ3v) is 5.17. The van der Waals surface area contributed by atoms with Gasteiger partial charge < -0.3 is 15.0 Å². The van der Waals surface area contributed by atoms with E-state index in [4.69, 9.17) is 4.74 Å². The Morgan fingerprint density at radius 1 is 1.19 bits per heavy atom. The highest BCUT2D eigenvalue weighted by Crippen LogP contribution is 2.17. The second kappa shape index (κ2) is 9.31. The Hall–Kier alpha value is -1.69. The molecule has 0 unspecified atom stereocenters. The smallest absolute Gasteiger partial charge is 0.407 e. The van der Waals surface area contributed by atoms with Gasteiger partial charge in [-0.1, -0.05) is 29.8 Å². The first kappa shape index (κ1) is 20.6. The van der Waals surface area contributed by atoms with Crippen molar-refractivity contribution in [3.63, 3.8) is 0 Å². The number of thioether (sulfide) groups is 1. The molecule has 1 aromatic rings. The Bertz CT molecular complexity index is 602. The number of benzene rings is 1. The minimum Gasteiger partial charge on any atom is -0.444 e. The number of rotatable bonds is 5. The van der Waals surface area contributed by atoms with Crippen LogP contribution in [0.25, 0.3) is 0 Å². The van der Waals surface area contributed by atoms with Gasteiger partial charge in [0.25, 0.3) is 0 Å². The largest absolute Gasteiger partial charge is 0.444 e. The number of nitrogens with zero attached hydrogens (tertiary/aromatic N) is 1. The van der Waals surface area contributed by atoms with Crippen molar-refractivity contribution in [2.75, 3.05) is 18.8 Å². The first-order valence-corrected chi connectivity index (χ1v) is 10.3. The standard InChI is InChI=1S/C20H30N2O3S/c1-15-5-7-16(8-6-15)13-26-14-18(23)22-11-9-17(10-12-22)21-19(24)25-20(2,3)4/h5-8,17H,9-14H2,1-4H3,(H,21,24). The molecule has 0 atom stereocenters. The van der Waals surface area contributed by atoms with E-state index >= 15 is 0 Å². The van der Waals surface area contributed by atoms with Gasteiger partial charge in [-0.2, -0.15) is 0 Å².